The molecule has 2 rings (SSSR count). The third-order valence-electron chi connectivity index (χ3n) is 4.51. The number of rotatable bonds is 9. The first kappa shape index (κ1) is 25.0. The predicted octanol–water partition coefficient (Wildman–Crippen LogP) is 3.61. The highest BCUT2D eigenvalue weighted by molar-refractivity contribution is 14.0. The van der Waals surface area contributed by atoms with Crippen molar-refractivity contribution in [1.29, 1.82) is 0 Å². The third-order valence-corrected chi connectivity index (χ3v) is 4.51. The average Bonchev–Trinajstić information content (AvgIpc) is 2.64. The van der Waals surface area contributed by atoms with Gasteiger partial charge in [-0.25, -0.2) is 8.78 Å². The minimum Gasteiger partial charge on any atom is -0.385 e. The van der Waals surface area contributed by atoms with E-state index in [4.69, 9.17) is 9.47 Å². The summed E-state index contributed by atoms with van der Waals surface area (Å²) in [7, 11) is 1.70. The molecule has 1 aliphatic rings. The smallest absolute Gasteiger partial charge is 0.193 e. The molecular weight excluding hydrogens is 479 g/mol. The van der Waals surface area contributed by atoms with E-state index in [0.29, 0.717) is 18.5 Å². The Kier molecular flexibility index (Phi) is 12.6. The van der Waals surface area contributed by atoms with Gasteiger partial charge in [-0.1, -0.05) is 0 Å². The number of piperidine rings is 1. The lowest BCUT2D eigenvalue weighted by Gasteiger charge is -2.34. The zero-order valence-electron chi connectivity index (χ0n) is 16.8. The Morgan fingerprint density at radius 1 is 1.18 bits per heavy atom. The number of guanidine groups is 1. The number of aliphatic imine (C=N–C) groups is 1. The van der Waals surface area contributed by atoms with Gasteiger partial charge < -0.3 is 19.7 Å². The van der Waals surface area contributed by atoms with Gasteiger partial charge in [0.2, 0.25) is 0 Å². The minimum absolute atomic E-state index is 0. The summed E-state index contributed by atoms with van der Waals surface area (Å²) in [5, 5.41) is 3.31. The largest absolute Gasteiger partial charge is 0.385 e. The molecule has 0 bridgehead atoms. The number of likely N-dealkylation sites (tertiary alicyclic amines) is 1. The number of halogens is 3. The molecule has 0 atom stereocenters. The first-order valence-corrected chi connectivity index (χ1v) is 9.71. The number of methoxy groups -OCH3 is 1. The van der Waals surface area contributed by atoms with Gasteiger partial charge in [-0.3, -0.25) is 4.99 Å². The molecule has 0 radical (unpaired) electrons. The third kappa shape index (κ3) is 9.00. The van der Waals surface area contributed by atoms with Gasteiger partial charge in [0, 0.05) is 52.6 Å². The second kappa shape index (κ2) is 14.1. The number of nitrogens with one attached hydrogen (secondary N) is 1. The van der Waals surface area contributed by atoms with Crippen LogP contribution < -0.4 is 5.32 Å². The summed E-state index contributed by atoms with van der Waals surface area (Å²) in [4.78, 5) is 6.86. The van der Waals surface area contributed by atoms with Gasteiger partial charge in [-0.05, 0) is 50.3 Å². The van der Waals surface area contributed by atoms with Crippen LogP contribution >= 0.6 is 24.0 Å². The molecule has 0 spiro atoms. The number of ether oxygens (including phenoxy) is 2. The Bertz CT molecular complexity index is 577. The van der Waals surface area contributed by atoms with Crippen LogP contribution in [0.4, 0.5) is 8.78 Å². The highest BCUT2D eigenvalue weighted by Crippen LogP contribution is 2.14. The topological polar surface area (TPSA) is 46.1 Å². The average molecular weight is 511 g/mol. The van der Waals surface area contributed by atoms with E-state index in [1.165, 1.54) is 12.1 Å². The van der Waals surface area contributed by atoms with E-state index in [1.807, 2.05) is 6.92 Å². The summed E-state index contributed by atoms with van der Waals surface area (Å²) in [6.07, 6.45) is 3.64. The highest BCUT2D eigenvalue weighted by Gasteiger charge is 2.21. The van der Waals surface area contributed by atoms with Crippen molar-refractivity contribution in [2.75, 3.05) is 46.5 Å². The molecule has 0 aliphatic carbocycles. The maximum absolute atomic E-state index is 13.3. The summed E-state index contributed by atoms with van der Waals surface area (Å²) in [5.74, 6) is -0.242. The van der Waals surface area contributed by atoms with Crippen LogP contribution in [0.15, 0.2) is 23.2 Å². The van der Waals surface area contributed by atoms with Gasteiger partial charge in [0.15, 0.2) is 5.96 Å². The highest BCUT2D eigenvalue weighted by atomic mass is 127. The molecule has 1 heterocycles. The van der Waals surface area contributed by atoms with Crippen LogP contribution in [0.1, 0.15) is 31.7 Å². The van der Waals surface area contributed by atoms with Gasteiger partial charge in [-0.15, -0.1) is 24.0 Å². The van der Waals surface area contributed by atoms with Crippen molar-refractivity contribution in [3.05, 3.63) is 35.4 Å². The van der Waals surface area contributed by atoms with Gasteiger partial charge >= 0.3 is 0 Å². The molecule has 1 fully saturated rings. The summed E-state index contributed by atoms with van der Waals surface area (Å²) >= 11 is 0. The van der Waals surface area contributed by atoms with Crippen molar-refractivity contribution in [3.63, 3.8) is 0 Å². The second-order valence-corrected chi connectivity index (χ2v) is 6.67. The molecule has 0 amide bonds. The molecule has 28 heavy (non-hydrogen) atoms. The zero-order valence-corrected chi connectivity index (χ0v) is 19.1. The summed E-state index contributed by atoms with van der Waals surface area (Å²) in [5.41, 5.74) is 0.621. The Morgan fingerprint density at radius 3 is 2.46 bits per heavy atom. The molecule has 8 heteroatoms. The number of nitrogens with zero attached hydrogens (tertiary/aromatic N) is 2. The van der Waals surface area contributed by atoms with E-state index in [1.54, 1.807) is 7.11 Å². The molecule has 1 saturated heterocycles. The summed E-state index contributed by atoms with van der Waals surface area (Å²) < 4.78 is 37.5. The monoisotopic (exact) mass is 511 g/mol. The fourth-order valence-corrected chi connectivity index (χ4v) is 3.16. The van der Waals surface area contributed by atoms with Crippen molar-refractivity contribution >= 4 is 29.9 Å². The predicted molar refractivity (Wildman–Crippen MR) is 118 cm³/mol. The Balaban J connectivity index is 0.00000392. The molecule has 0 aromatic heterocycles. The van der Waals surface area contributed by atoms with E-state index in [2.05, 4.69) is 15.2 Å². The van der Waals surface area contributed by atoms with Crippen molar-refractivity contribution in [2.45, 2.75) is 38.7 Å². The van der Waals surface area contributed by atoms with E-state index in [0.717, 1.165) is 64.1 Å². The first-order chi connectivity index (χ1) is 13.1. The molecule has 0 saturated carbocycles. The van der Waals surface area contributed by atoms with Crippen LogP contribution in [-0.4, -0.2) is 63.5 Å². The second-order valence-electron chi connectivity index (χ2n) is 6.67. The van der Waals surface area contributed by atoms with E-state index >= 15 is 0 Å². The van der Waals surface area contributed by atoms with Crippen molar-refractivity contribution in [2.24, 2.45) is 4.99 Å². The summed E-state index contributed by atoms with van der Waals surface area (Å²) in [6.45, 7) is 6.52. The quantitative estimate of drug-likeness (QED) is 0.238. The van der Waals surface area contributed by atoms with Crippen LogP contribution in [0, 0.1) is 11.6 Å². The maximum Gasteiger partial charge on any atom is 0.193 e. The van der Waals surface area contributed by atoms with Crippen molar-refractivity contribution in [3.8, 4) is 0 Å². The van der Waals surface area contributed by atoms with Crippen LogP contribution in [0.3, 0.4) is 0 Å². The molecule has 0 unspecified atom stereocenters. The lowest BCUT2D eigenvalue weighted by molar-refractivity contribution is 0.00991. The molecule has 1 aromatic carbocycles. The zero-order chi connectivity index (χ0) is 19.5. The van der Waals surface area contributed by atoms with Crippen molar-refractivity contribution < 1.29 is 18.3 Å². The summed E-state index contributed by atoms with van der Waals surface area (Å²) in [6, 6.07) is 3.61. The fraction of sp³-hybridized carbons (Fsp3) is 0.650. The number of hydrogen-bond acceptors (Lipinski definition) is 3. The van der Waals surface area contributed by atoms with Gasteiger partial charge in [-0.2, -0.15) is 0 Å². The lowest BCUT2D eigenvalue weighted by Crippen LogP contribution is -2.47. The molecule has 160 valence electrons. The normalized spacial score (nSPS) is 15.4. The minimum atomic E-state index is -0.548. The SMILES string of the molecule is CCNC(=NCCc1cc(F)cc(F)c1)N1CCC(OCCCOC)CC1.I. The molecule has 1 aromatic rings. The number of hydrogen-bond donors (Lipinski definition) is 1. The standard InChI is InChI=1S/C20H31F2N3O2.HI/c1-3-23-20(24-8-5-16-13-17(21)15-18(22)14-16)25-9-6-19(7-10-25)27-12-4-11-26-2;/h13-15,19H,3-12H2,1-2H3,(H,23,24);1H. The first-order valence-electron chi connectivity index (χ1n) is 9.71. The fourth-order valence-electron chi connectivity index (χ4n) is 3.16. The van der Waals surface area contributed by atoms with Gasteiger partial charge in [0.1, 0.15) is 11.6 Å². The van der Waals surface area contributed by atoms with Gasteiger partial charge in [0.05, 0.1) is 6.10 Å². The Labute approximate surface area is 183 Å². The Hall–Kier alpha value is -1.00. The maximum atomic E-state index is 13.3. The molecule has 1 N–H and O–H groups in total. The van der Waals surface area contributed by atoms with Crippen molar-refractivity contribution in [1.82, 2.24) is 10.2 Å². The van der Waals surface area contributed by atoms with Crippen LogP contribution in [0.5, 0.6) is 0 Å². The van der Waals surface area contributed by atoms with E-state index in [-0.39, 0.29) is 30.1 Å². The van der Waals surface area contributed by atoms with E-state index in [9.17, 15) is 8.78 Å². The molecular formula is C20H32F2IN3O2. The molecule has 5 nitrogen and oxygen atoms in total. The molecule has 1 aliphatic heterocycles. The van der Waals surface area contributed by atoms with Crippen LogP contribution in [0.25, 0.3) is 0 Å². The number of benzene rings is 1. The van der Waals surface area contributed by atoms with Gasteiger partial charge in [0.25, 0.3) is 0 Å². The van der Waals surface area contributed by atoms with E-state index < -0.39 is 11.6 Å². The van der Waals surface area contributed by atoms with Crippen LogP contribution in [0.2, 0.25) is 0 Å². The lowest BCUT2D eigenvalue weighted by atomic mass is 10.1. The van der Waals surface area contributed by atoms with Crippen LogP contribution in [-0.2, 0) is 15.9 Å². The Morgan fingerprint density at radius 2 is 1.86 bits per heavy atom.